The van der Waals surface area contributed by atoms with Gasteiger partial charge in [-0.3, -0.25) is 9.59 Å². The molecule has 0 unspecified atom stereocenters. The number of nitrogens with two attached hydrogens (primary N) is 2. The van der Waals surface area contributed by atoms with Crippen LogP contribution >= 0.6 is 0 Å². The fraction of sp³-hybridized carbons (Fsp3) is 0.0667. The first-order chi connectivity index (χ1) is 10.9. The Morgan fingerprint density at radius 2 is 2.00 bits per heavy atom. The average molecular weight is 313 g/mol. The van der Waals surface area contributed by atoms with Crippen LogP contribution in [0.2, 0.25) is 0 Å². The Balaban J connectivity index is 2.39. The first-order valence-electron chi connectivity index (χ1n) is 6.47. The van der Waals surface area contributed by atoms with Gasteiger partial charge in [-0.1, -0.05) is 0 Å². The molecule has 116 valence electrons. The van der Waals surface area contributed by atoms with Gasteiger partial charge in [-0.2, -0.15) is 0 Å². The van der Waals surface area contributed by atoms with E-state index in [4.69, 9.17) is 15.9 Å². The predicted octanol–water partition coefficient (Wildman–Crippen LogP) is 0.760. The maximum Gasteiger partial charge on any atom is 0.337 e. The molecule has 4 N–H and O–H groups in total. The zero-order chi connectivity index (χ0) is 16.7. The highest BCUT2D eigenvalue weighted by Gasteiger charge is 2.23. The van der Waals surface area contributed by atoms with Crippen LogP contribution in [-0.4, -0.2) is 24.0 Å². The fourth-order valence-corrected chi connectivity index (χ4v) is 2.25. The molecule has 1 aliphatic heterocycles. The minimum Gasteiger partial charge on any atom is -0.465 e. The van der Waals surface area contributed by atoms with Crippen molar-refractivity contribution in [1.82, 2.24) is 4.98 Å². The third-order valence-electron chi connectivity index (χ3n) is 3.35. The van der Waals surface area contributed by atoms with Gasteiger partial charge >= 0.3 is 5.97 Å². The van der Waals surface area contributed by atoms with E-state index in [1.54, 1.807) is 0 Å². The molecule has 2 aliphatic rings. The number of nitrogen functional groups attached to an aromatic ring is 1. The Labute approximate surface area is 129 Å². The molecular formula is C15H11N3O5. The molecule has 0 radical (unpaired) electrons. The number of benzene rings is 2. The zero-order valence-corrected chi connectivity index (χ0v) is 12.0. The molecule has 1 amide bonds. The van der Waals surface area contributed by atoms with E-state index in [0.29, 0.717) is 11.1 Å². The van der Waals surface area contributed by atoms with Crippen LogP contribution in [0.3, 0.4) is 0 Å². The standard InChI is InChI=1S/C15H11N3O5/c1-22-15(21)6-2-3-9-7(4-6)18-13-10(23-9)5-8(19)12(16)11(13)14(17)20/h2-5H,16H2,1H3,(H2,17,20). The molecule has 8 heteroatoms. The molecule has 0 atom stereocenters. The van der Waals surface area contributed by atoms with Gasteiger partial charge in [-0.05, 0) is 18.2 Å². The van der Waals surface area contributed by atoms with E-state index in [9.17, 15) is 14.4 Å². The molecular weight excluding hydrogens is 302 g/mol. The minimum atomic E-state index is -0.892. The molecule has 0 saturated carbocycles. The van der Waals surface area contributed by atoms with Gasteiger partial charge in [0.05, 0.1) is 23.9 Å². The van der Waals surface area contributed by atoms with Crippen LogP contribution in [0, 0.1) is 0 Å². The normalized spacial score (nSPS) is 10.8. The molecule has 0 aromatic heterocycles. The SMILES string of the molecule is COC(=O)c1ccc2oc3cc(=O)c(N)c(C(N)=O)c-3nc2c1. The van der Waals surface area contributed by atoms with E-state index in [0.717, 1.165) is 6.07 Å². The predicted molar refractivity (Wildman–Crippen MR) is 81.2 cm³/mol. The topological polar surface area (TPSA) is 139 Å². The van der Waals surface area contributed by atoms with Crippen molar-refractivity contribution in [2.24, 2.45) is 5.73 Å². The lowest BCUT2D eigenvalue weighted by molar-refractivity contribution is 0.0600. The van der Waals surface area contributed by atoms with Crippen LogP contribution < -0.4 is 16.9 Å². The number of hydrogen-bond acceptors (Lipinski definition) is 7. The Kier molecular flexibility index (Phi) is 3.21. The summed E-state index contributed by atoms with van der Waals surface area (Å²) in [5.74, 6) is -1.36. The smallest absolute Gasteiger partial charge is 0.337 e. The summed E-state index contributed by atoms with van der Waals surface area (Å²) in [6.45, 7) is 0. The van der Waals surface area contributed by atoms with E-state index in [1.807, 2.05) is 0 Å². The Morgan fingerprint density at radius 3 is 2.65 bits per heavy atom. The Bertz CT molecular complexity index is 992. The number of anilines is 1. The number of fused-ring (bicyclic) bond motifs is 2. The van der Waals surface area contributed by atoms with Crippen LogP contribution in [0.5, 0.6) is 0 Å². The number of esters is 1. The lowest BCUT2D eigenvalue weighted by Gasteiger charge is -2.11. The number of hydrogen-bond donors (Lipinski definition) is 2. The van der Waals surface area contributed by atoms with Crippen LogP contribution in [0.1, 0.15) is 20.7 Å². The average Bonchev–Trinajstić information content (AvgIpc) is 2.52. The molecule has 1 aliphatic carbocycles. The minimum absolute atomic E-state index is 0.0594. The Hall–Kier alpha value is -3.42. The molecule has 0 fully saturated rings. The highest BCUT2D eigenvalue weighted by molar-refractivity contribution is 6.04. The first kappa shape index (κ1) is 14.5. The molecule has 8 nitrogen and oxygen atoms in total. The number of primary amides is 1. The van der Waals surface area contributed by atoms with Gasteiger partial charge in [0.15, 0.2) is 11.3 Å². The van der Waals surface area contributed by atoms with Crippen molar-refractivity contribution in [3.8, 4) is 11.5 Å². The van der Waals surface area contributed by atoms with E-state index < -0.39 is 17.3 Å². The fourth-order valence-electron chi connectivity index (χ4n) is 2.25. The van der Waals surface area contributed by atoms with Crippen molar-refractivity contribution in [1.29, 1.82) is 0 Å². The molecule has 0 spiro atoms. The summed E-state index contributed by atoms with van der Waals surface area (Å²) in [4.78, 5) is 39.2. The second-order valence-electron chi connectivity index (χ2n) is 4.76. The number of carbonyl (C=O) groups is 2. The van der Waals surface area contributed by atoms with Gasteiger partial charge in [-0.15, -0.1) is 0 Å². The van der Waals surface area contributed by atoms with E-state index in [-0.39, 0.29) is 28.3 Å². The van der Waals surface area contributed by atoms with Crippen LogP contribution in [0.25, 0.3) is 22.6 Å². The third-order valence-corrected chi connectivity index (χ3v) is 3.35. The molecule has 1 aromatic carbocycles. The van der Waals surface area contributed by atoms with Gasteiger partial charge in [0.2, 0.25) is 5.43 Å². The maximum absolute atomic E-state index is 11.8. The monoisotopic (exact) mass is 313 g/mol. The summed E-state index contributed by atoms with van der Waals surface area (Å²) in [7, 11) is 1.26. The number of rotatable bonds is 2. The molecule has 3 rings (SSSR count). The van der Waals surface area contributed by atoms with Crippen molar-refractivity contribution in [3.05, 3.63) is 45.6 Å². The first-order valence-corrected chi connectivity index (χ1v) is 6.47. The maximum atomic E-state index is 11.8. The number of nitrogens with zero attached hydrogens (tertiary/aromatic N) is 1. The quantitative estimate of drug-likeness (QED) is 0.404. The number of methoxy groups -OCH3 is 1. The van der Waals surface area contributed by atoms with Gasteiger partial charge < -0.3 is 20.6 Å². The summed E-state index contributed by atoms with van der Waals surface area (Å²) in [5, 5.41) is 0. The van der Waals surface area contributed by atoms with Crippen LogP contribution in [0.4, 0.5) is 5.69 Å². The van der Waals surface area contributed by atoms with Gasteiger partial charge in [0, 0.05) is 6.07 Å². The van der Waals surface area contributed by atoms with Gasteiger partial charge in [0.25, 0.3) is 5.91 Å². The van der Waals surface area contributed by atoms with Crippen molar-refractivity contribution in [3.63, 3.8) is 0 Å². The summed E-state index contributed by atoms with van der Waals surface area (Å²) >= 11 is 0. The number of ether oxygens (including phenoxy) is 1. The molecule has 0 saturated heterocycles. The number of aromatic nitrogens is 1. The van der Waals surface area contributed by atoms with Gasteiger partial charge in [0.1, 0.15) is 11.2 Å². The Morgan fingerprint density at radius 1 is 1.26 bits per heavy atom. The molecule has 0 bridgehead atoms. The summed E-state index contributed by atoms with van der Waals surface area (Å²) in [5.41, 5.74) is 10.8. The van der Waals surface area contributed by atoms with Crippen molar-refractivity contribution >= 4 is 28.7 Å². The number of amides is 1. The van der Waals surface area contributed by atoms with E-state index >= 15 is 0 Å². The zero-order valence-electron chi connectivity index (χ0n) is 12.0. The molecule has 1 heterocycles. The number of carbonyl (C=O) groups excluding carboxylic acids is 2. The third kappa shape index (κ3) is 2.26. The van der Waals surface area contributed by atoms with Crippen LogP contribution in [-0.2, 0) is 4.74 Å². The van der Waals surface area contributed by atoms with E-state index in [1.165, 1.54) is 25.3 Å². The summed E-state index contributed by atoms with van der Waals surface area (Å²) < 4.78 is 10.2. The lowest BCUT2D eigenvalue weighted by Crippen LogP contribution is -2.21. The van der Waals surface area contributed by atoms with Gasteiger partial charge in [-0.25, -0.2) is 9.78 Å². The van der Waals surface area contributed by atoms with Crippen molar-refractivity contribution in [2.75, 3.05) is 12.8 Å². The highest BCUT2D eigenvalue weighted by Crippen LogP contribution is 2.29. The molecule has 23 heavy (non-hydrogen) atoms. The van der Waals surface area contributed by atoms with Crippen molar-refractivity contribution < 1.29 is 18.7 Å². The van der Waals surface area contributed by atoms with Crippen LogP contribution in [0.15, 0.2) is 33.5 Å². The largest absolute Gasteiger partial charge is 0.465 e. The van der Waals surface area contributed by atoms with E-state index in [2.05, 4.69) is 9.72 Å². The second kappa shape index (κ2) is 5.09. The summed E-state index contributed by atoms with van der Waals surface area (Å²) in [6.07, 6.45) is 0. The highest BCUT2D eigenvalue weighted by atomic mass is 16.5. The lowest BCUT2D eigenvalue weighted by atomic mass is 10.1. The van der Waals surface area contributed by atoms with Crippen molar-refractivity contribution in [2.45, 2.75) is 0 Å². The summed E-state index contributed by atoms with van der Waals surface area (Å²) in [6, 6.07) is 5.59. The second-order valence-corrected chi connectivity index (χ2v) is 4.76. The molecule has 1 aromatic rings.